The van der Waals surface area contributed by atoms with Crippen LogP contribution in [-0.4, -0.2) is 42.0 Å². The number of nitrogens with zero attached hydrogens (tertiary/aromatic N) is 3. The number of amides is 1. The Hall–Kier alpha value is -3.41. The van der Waals surface area contributed by atoms with Gasteiger partial charge in [0, 0.05) is 38.1 Å². The molecular formula is C27H25ClN4O. The number of piperazine rings is 1. The summed E-state index contributed by atoms with van der Waals surface area (Å²) >= 11 is 6.26. The van der Waals surface area contributed by atoms with Crippen molar-refractivity contribution in [3.05, 3.63) is 101 Å². The highest BCUT2D eigenvalue weighted by Gasteiger charge is 2.23. The number of para-hydroxylation sites is 1. The molecule has 0 saturated carbocycles. The number of fused-ring (bicyclic) bond motifs is 1. The van der Waals surface area contributed by atoms with Crippen LogP contribution < -0.4 is 10.2 Å². The second-order valence-electron chi connectivity index (χ2n) is 8.22. The molecule has 0 bridgehead atoms. The van der Waals surface area contributed by atoms with Crippen LogP contribution in [0.25, 0.3) is 10.9 Å². The van der Waals surface area contributed by atoms with E-state index >= 15 is 0 Å². The minimum Gasteiger partial charge on any atom is -0.367 e. The maximum absolute atomic E-state index is 13.0. The van der Waals surface area contributed by atoms with Crippen molar-refractivity contribution in [2.45, 2.75) is 6.54 Å². The molecule has 0 radical (unpaired) electrons. The smallest absolute Gasteiger partial charge is 0.257 e. The first-order valence-electron chi connectivity index (χ1n) is 11.1. The van der Waals surface area contributed by atoms with Gasteiger partial charge in [-0.3, -0.25) is 14.7 Å². The monoisotopic (exact) mass is 456 g/mol. The van der Waals surface area contributed by atoms with Crippen LogP contribution in [0.1, 0.15) is 15.9 Å². The van der Waals surface area contributed by atoms with E-state index in [1.54, 1.807) is 18.3 Å². The molecular weight excluding hydrogens is 432 g/mol. The number of hydrogen-bond acceptors (Lipinski definition) is 4. The topological polar surface area (TPSA) is 48.5 Å². The number of carbonyl (C=O) groups excluding carboxylic acids is 1. The second kappa shape index (κ2) is 9.61. The molecule has 4 aromatic rings. The van der Waals surface area contributed by atoms with Crippen molar-refractivity contribution in [2.24, 2.45) is 0 Å². The Labute approximate surface area is 198 Å². The number of anilines is 2. The molecule has 0 spiro atoms. The summed E-state index contributed by atoms with van der Waals surface area (Å²) in [5.41, 5.74) is 4.41. The summed E-state index contributed by atoms with van der Waals surface area (Å²) in [6.45, 7) is 4.58. The third kappa shape index (κ3) is 4.70. The van der Waals surface area contributed by atoms with E-state index in [2.05, 4.69) is 56.5 Å². The van der Waals surface area contributed by atoms with Crippen LogP contribution in [-0.2, 0) is 6.54 Å². The molecule has 33 heavy (non-hydrogen) atoms. The molecule has 1 aliphatic rings. The van der Waals surface area contributed by atoms with Gasteiger partial charge in [-0.15, -0.1) is 0 Å². The predicted octanol–water partition coefficient (Wildman–Crippen LogP) is 5.46. The zero-order valence-corrected chi connectivity index (χ0v) is 19.0. The lowest BCUT2D eigenvalue weighted by molar-refractivity contribution is 0.102. The number of carbonyl (C=O) groups is 1. The second-order valence-corrected chi connectivity index (χ2v) is 8.63. The van der Waals surface area contributed by atoms with Gasteiger partial charge in [0.2, 0.25) is 0 Å². The number of hydrogen-bond donors (Lipinski definition) is 1. The van der Waals surface area contributed by atoms with Crippen LogP contribution in [0, 0.1) is 0 Å². The Kier molecular flexibility index (Phi) is 6.24. The Morgan fingerprint density at radius 3 is 2.36 bits per heavy atom. The Morgan fingerprint density at radius 1 is 0.879 bits per heavy atom. The number of pyridine rings is 1. The fourth-order valence-electron chi connectivity index (χ4n) is 4.37. The van der Waals surface area contributed by atoms with Gasteiger partial charge in [0.15, 0.2) is 0 Å². The Bertz CT molecular complexity index is 1270. The summed E-state index contributed by atoms with van der Waals surface area (Å²) in [7, 11) is 0. The van der Waals surface area contributed by atoms with E-state index < -0.39 is 0 Å². The Balaban J connectivity index is 1.41. The van der Waals surface area contributed by atoms with Crippen molar-refractivity contribution in [3.63, 3.8) is 0 Å². The van der Waals surface area contributed by atoms with Crippen LogP contribution in [0.15, 0.2) is 85.1 Å². The molecule has 1 N–H and O–H groups in total. The average molecular weight is 457 g/mol. The van der Waals surface area contributed by atoms with Crippen molar-refractivity contribution in [2.75, 3.05) is 36.4 Å². The predicted molar refractivity (Wildman–Crippen MR) is 135 cm³/mol. The molecule has 0 atom stereocenters. The lowest BCUT2D eigenvalue weighted by Gasteiger charge is -2.37. The van der Waals surface area contributed by atoms with E-state index in [4.69, 9.17) is 11.6 Å². The van der Waals surface area contributed by atoms with Gasteiger partial charge in [0.1, 0.15) is 0 Å². The first-order valence-corrected chi connectivity index (χ1v) is 11.5. The van der Waals surface area contributed by atoms with Crippen LogP contribution >= 0.6 is 11.6 Å². The number of halogens is 1. The third-order valence-electron chi connectivity index (χ3n) is 6.05. The minimum atomic E-state index is -0.235. The van der Waals surface area contributed by atoms with E-state index in [1.807, 2.05) is 30.3 Å². The molecule has 1 amide bonds. The normalized spacial score (nSPS) is 14.4. The van der Waals surface area contributed by atoms with Gasteiger partial charge in [0.05, 0.1) is 33.7 Å². The van der Waals surface area contributed by atoms with Gasteiger partial charge < -0.3 is 10.2 Å². The highest BCUT2D eigenvalue weighted by molar-refractivity contribution is 6.34. The Morgan fingerprint density at radius 2 is 1.58 bits per heavy atom. The lowest BCUT2D eigenvalue weighted by atomic mass is 10.1. The van der Waals surface area contributed by atoms with Crippen molar-refractivity contribution >= 4 is 39.8 Å². The third-order valence-corrected chi connectivity index (χ3v) is 6.38. The number of aromatic nitrogens is 1. The van der Waals surface area contributed by atoms with Gasteiger partial charge in [0.25, 0.3) is 5.91 Å². The highest BCUT2D eigenvalue weighted by Crippen LogP contribution is 2.34. The van der Waals surface area contributed by atoms with Crippen LogP contribution in [0.5, 0.6) is 0 Å². The van der Waals surface area contributed by atoms with Gasteiger partial charge in [-0.1, -0.05) is 72.3 Å². The van der Waals surface area contributed by atoms with Crippen LogP contribution in [0.2, 0.25) is 5.02 Å². The fraction of sp³-hybridized carbons (Fsp3) is 0.185. The molecule has 1 saturated heterocycles. The van der Waals surface area contributed by atoms with E-state index in [9.17, 15) is 4.79 Å². The van der Waals surface area contributed by atoms with Crippen LogP contribution in [0.4, 0.5) is 11.4 Å². The summed E-state index contributed by atoms with van der Waals surface area (Å²) in [6, 6.07) is 25.7. The van der Waals surface area contributed by atoms with E-state index in [0.29, 0.717) is 16.3 Å². The van der Waals surface area contributed by atoms with Gasteiger partial charge in [-0.2, -0.15) is 0 Å². The largest absolute Gasteiger partial charge is 0.367 e. The molecule has 166 valence electrons. The summed E-state index contributed by atoms with van der Waals surface area (Å²) in [6.07, 6.45) is 1.75. The van der Waals surface area contributed by atoms with E-state index in [-0.39, 0.29) is 5.91 Å². The molecule has 5 rings (SSSR count). The number of benzene rings is 3. The number of nitrogens with one attached hydrogen (secondary N) is 1. The van der Waals surface area contributed by atoms with Crippen LogP contribution in [0.3, 0.4) is 0 Å². The molecule has 0 unspecified atom stereocenters. The standard InChI is InChI=1S/C27H25ClN4O/c28-23-12-6-4-10-21(23)27(33)30-25-18-29-24-13-7-5-11-22(24)26(25)32-16-14-31(15-17-32)19-20-8-2-1-3-9-20/h1-13,18H,14-17,19H2,(H,30,33). The van der Waals surface area contributed by atoms with Crippen molar-refractivity contribution in [3.8, 4) is 0 Å². The van der Waals surface area contributed by atoms with Crippen molar-refractivity contribution < 1.29 is 4.79 Å². The summed E-state index contributed by atoms with van der Waals surface area (Å²) < 4.78 is 0. The summed E-state index contributed by atoms with van der Waals surface area (Å²) in [4.78, 5) is 22.4. The SMILES string of the molecule is O=C(Nc1cnc2ccccc2c1N1CCN(Cc2ccccc2)CC1)c1ccccc1Cl. The molecule has 0 aliphatic carbocycles. The van der Waals surface area contributed by atoms with E-state index in [1.165, 1.54) is 5.56 Å². The molecule has 5 nitrogen and oxygen atoms in total. The molecule has 3 aromatic carbocycles. The average Bonchev–Trinajstić information content (AvgIpc) is 2.85. The minimum absolute atomic E-state index is 0.235. The van der Waals surface area contributed by atoms with Crippen molar-refractivity contribution in [1.29, 1.82) is 0 Å². The lowest BCUT2D eigenvalue weighted by Crippen LogP contribution is -2.46. The number of rotatable bonds is 5. The maximum Gasteiger partial charge on any atom is 0.257 e. The summed E-state index contributed by atoms with van der Waals surface area (Å²) in [5, 5.41) is 4.53. The zero-order chi connectivity index (χ0) is 22.6. The quantitative estimate of drug-likeness (QED) is 0.433. The maximum atomic E-state index is 13.0. The first-order chi connectivity index (χ1) is 16.2. The molecule has 1 fully saturated rings. The molecule has 1 aliphatic heterocycles. The highest BCUT2D eigenvalue weighted by atomic mass is 35.5. The fourth-order valence-corrected chi connectivity index (χ4v) is 4.59. The van der Waals surface area contributed by atoms with Gasteiger partial charge in [-0.05, 0) is 23.8 Å². The van der Waals surface area contributed by atoms with Gasteiger partial charge in [-0.25, -0.2) is 0 Å². The van der Waals surface area contributed by atoms with E-state index in [0.717, 1.165) is 49.3 Å². The molecule has 1 aromatic heterocycles. The zero-order valence-electron chi connectivity index (χ0n) is 18.2. The molecule has 6 heteroatoms. The van der Waals surface area contributed by atoms with Gasteiger partial charge >= 0.3 is 0 Å². The van der Waals surface area contributed by atoms with Crippen molar-refractivity contribution in [1.82, 2.24) is 9.88 Å². The first kappa shape index (κ1) is 21.4. The summed E-state index contributed by atoms with van der Waals surface area (Å²) in [5.74, 6) is -0.235. The molecule has 2 heterocycles.